The molecule has 0 atom stereocenters. The van der Waals surface area contributed by atoms with Crippen molar-refractivity contribution < 1.29 is 13.9 Å². The lowest BCUT2D eigenvalue weighted by atomic mass is 10.3. The van der Waals surface area contributed by atoms with Crippen molar-refractivity contribution in [3.63, 3.8) is 0 Å². The summed E-state index contributed by atoms with van der Waals surface area (Å²) in [5.74, 6) is 0.179. The predicted octanol–water partition coefficient (Wildman–Crippen LogP) is 3.29. The van der Waals surface area contributed by atoms with Crippen LogP contribution in [-0.2, 0) is 4.74 Å². The van der Waals surface area contributed by atoms with Crippen molar-refractivity contribution in [2.45, 2.75) is 0 Å². The number of thiazole rings is 1. The zero-order chi connectivity index (χ0) is 17.1. The normalized spacial score (nSPS) is 14.9. The number of furan rings is 1. The number of nitrogens with zero attached hydrogens (tertiary/aromatic N) is 3. The number of fused-ring (bicyclic) bond motifs is 1. The molecule has 1 aliphatic heterocycles. The molecule has 1 aromatic carbocycles. The van der Waals surface area contributed by atoms with Gasteiger partial charge in [0.1, 0.15) is 0 Å². The number of carbonyl (C=O) groups excluding carboxylic acids is 1. The number of para-hydroxylation sites is 1. The fourth-order valence-electron chi connectivity index (χ4n) is 2.86. The van der Waals surface area contributed by atoms with Crippen molar-refractivity contribution in [3.05, 3.63) is 48.4 Å². The Kier molecular flexibility index (Phi) is 6.26. The molecule has 2 aromatic heterocycles. The zero-order valence-corrected chi connectivity index (χ0v) is 15.8. The first kappa shape index (κ1) is 18.8. The maximum absolute atomic E-state index is 12.9. The molecule has 0 saturated carbocycles. The largest absolute Gasteiger partial charge is 0.459 e. The highest BCUT2D eigenvalue weighted by Gasteiger charge is 2.24. The van der Waals surface area contributed by atoms with E-state index in [0.29, 0.717) is 17.4 Å². The van der Waals surface area contributed by atoms with Crippen LogP contribution in [0.5, 0.6) is 0 Å². The highest BCUT2D eigenvalue weighted by molar-refractivity contribution is 7.22. The molecule has 0 unspecified atom stereocenters. The van der Waals surface area contributed by atoms with E-state index in [0.717, 1.165) is 43.1 Å². The molecule has 1 saturated heterocycles. The second-order valence-corrected chi connectivity index (χ2v) is 6.86. The predicted molar refractivity (Wildman–Crippen MR) is 105 cm³/mol. The SMILES string of the molecule is Cl.O=C(c1ccco1)N(CCN1CCOCC1)c1nc2ccccc2s1. The third kappa shape index (κ3) is 4.07. The summed E-state index contributed by atoms with van der Waals surface area (Å²) in [7, 11) is 0. The van der Waals surface area contributed by atoms with Crippen LogP contribution in [-0.4, -0.2) is 55.2 Å². The quantitative estimate of drug-likeness (QED) is 0.665. The number of rotatable bonds is 5. The smallest absolute Gasteiger partial charge is 0.295 e. The van der Waals surface area contributed by atoms with Gasteiger partial charge in [-0.05, 0) is 24.3 Å². The Labute approximate surface area is 161 Å². The Morgan fingerprint density at radius 3 is 2.73 bits per heavy atom. The maximum Gasteiger partial charge on any atom is 0.295 e. The van der Waals surface area contributed by atoms with Gasteiger partial charge in [-0.3, -0.25) is 14.6 Å². The number of carbonyl (C=O) groups is 1. The molecular weight excluding hydrogens is 374 g/mol. The van der Waals surface area contributed by atoms with Gasteiger partial charge in [0.2, 0.25) is 0 Å². The average molecular weight is 394 g/mol. The molecule has 4 rings (SSSR count). The Bertz CT molecular complexity index is 813. The van der Waals surface area contributed by atoms with Crippen LogP contribution in [0.1, 0.15) is 10.6 Å². The Morgan fingerprint density at radius 2 is 2.00 bits per heavy atom. The van der Waals surface area contributed by atoms with Gasteiger partial charge in [0.05, 0.1) is 29.7 Å². The van der Waals surface area contributed by atoms with Gasteiger partial charge in [0.15, 0.2) is 10.9 Å². The summed E-state index contributed by atoms with van der Waals surface area (Å²) in [5.41, 5.74) is 0.908. The molecule has 26 heavy (non-hydrogen) atoms. The number of hydrogen-bond acceptors (Lipinski definition) is 6. The summed E-state index contributed by atoms with van der Waals surface area (Å²) in [6, 6.07) is 11.3. The van der Waals surface area contributed by atoms with E-state index in [9.17, 15) is 4.79 Å². The minimum absolute atomic E-state index is 0. The van der Waals surface area contributed by atoms with Gasteiger partial charge >= 0.3 is 0 Å². The van der Waals surface area contributed by atoms with Crippen molar-refractivity contribution in [3.8, 4) is 0 Å². The molecule has 8 heteroatoms. The highest BCUT2D eigenvalue weighted by atomic mass is 35.5. The molecule has 0 spiro atoms. The van der Waals surface area contributed by atoms with Gasteiger partial charge in [0, 0.05) is 26.2 Å². The molecule has 1 aliphatic rings. The summed E-state index contributed by atoms with van der Waals surface area (Å²) in [5, 5.41) is 0.704. The van der Waals surface area contributed by atoms with Crippen molar-refractivity contribution >= 4 is 45.0 Å². The number of halogens is 1. The van der Waals surface area contributed by atoms with E-state index in [1.165, 1.54) is 17.6 Å². The van der Waals surface area contributed by atoms with E-state index in [1.807, 2.05) is 24.3 Å². The summed E-state index contributed by atoms with van der Waals surface area (Å²) in [6.07, 6.45) is 1.52. The lowest BCUT2D eigenvalue weighted by Crippen LogP contribution is -2.43. The van der Waals surface area contributed by atoms with Crippen LogP contribution in [0.2, 0.25) is 0 Å². The molecule has 6 nitrogen and oxygen atoms in total. The van der Waals surface area contributed by atoms with Gasteiger partial charge in [0.25, 0.3) is 5.91 Å². The molecule has 138 valence electrons. The van der Waals surface area contributed by atoms with E-state index < -0.39 is 0 Å². The van der Waals surface area contributed by atoms with Crippen LogP contribution in [0, 0.1) is 0 Å². The maximum atomic E-state index is 12.9. The molecule has 0 aliphatic carbocycles. The first-order chi connectivity index (χ1) is 12.3. The number of amides is 1. The van der Waals surface area contributed by atoms with E-state index in [1.54, 1.807) is 17.0 Å². The number of aromatic nitrogens is 1. The van der Waals surface area contributed by atoms with Crippen LogP contribution in [0.15, 0.2) is 47.1 Å². The first-order valence-corrected chi connectivity index (χ1v) is 9.14. The number of anilines is 1. The fraction of sp³-hybridized carbons (Fsp3) is 0.333. The molecule has 0 bridgehead atoms. The Hall–Kier alpha value is -1.93. The number of benzene rings is 1. The minimum Gasteiger partial charge on any atom is -0.459 e. The molecule has 3 heterocycles. The molecule has 1 amide bonds. The minimum atomic E-state index is -0.155. The van der Waals surface area contributed by atoms with Crippen molar-refractivity contribution in [1.82, 2.24) is 9.88 Å². The molecule has 0 N–H and O–H groups in total. The van der Waals surface area contributed by atoms with Gasteiger partial charge in [-0.25, -0.2) is 4.98 Å². The molecule has 1 fully saturated rings. The third-order valence-electron chi connectivity index (χ3n) is 4.23. The standard InChI is InChI=1S/C18H19N3O3S.ClH/c22-17(15-5-3-11-24-15)21(8-7-20-9-12-23-13-10-20)18-19-14-4-1-2-6-16(14)25-18;/h1-6,11H,7-10,12-13H2;1H. The summed E-state index contributed by atoms with van der Waals surface area (Å²) in [4.78, 5) is 21.6. The summed E-state index contributed by atoms with van der Waals surface area (Å²) in [6.45, 7) is 4.62. The van der Waals surface area contributed by atoms with Crippen LogP contribution in [0.4, 0.5) is 5.13 Å². The van der Waals surface area contributed by atoms with Crippen LogP contribution in [0.3, 0.4) is 0 Å². The zero-order valence-electron chi connectivity index (χ0n) is 14.2. The average Bonchev–Trinajstić information content (AvgIpc) is 3.32. The lowest BCUT2D eigenvalue weighted by molar-refractivity contribution is 0.0390. The summed E-state index contributed by atoms with van der Waals surface area (Å²) < 4.78 is 11.8. The molecule has 0 radical (unpaired) electrons. The number of morpholine rings is 1. The monoisotopic (exact) mass is 393 g/mol. The fourth-order valence-corrected chi connectivity index (χ4v) is 3.85. The molecular formula is C18H20ClN3O3S. The molecule has 3 aromatic rings. The van der Waals surface area contributed by atoms with Gasteiger partial charge in [-0.2, -0.15) is 0 Å². The summed E-state index contributed by atoms with van der Waals surface area (Å²) >= 11 is 1.53. The van der Waals surface area contributed by atoms with Crippen molar-refractivity contribution in [1.29, 1.82) is 0 Å². The van der Waals surface area contributed by atoms with E-state index in [-0.39, 0.29) is 18.3 Å². The van der Waals surface area contributed by atoms with Gasteiger partial charge in [-0.15, -0.1) is 12.4 Å². The van der Waals surface area contributed by atoms with Crippen LogP contribution >= 0.6 is 23.7 Å². The van der Waals surface area contributed by atoms with E-state index in [4.69, 9.17) is 9.15 Å². The van der Waals surface area contributed by atoms with Crippen LogP contribution < -0.4 is 4.90 Å². The second kappa shape index (κ2) is 8.64. The first-order valence-electron chi connectivity index (χ1n) is 8.32. The lowest BCUT2D eigenvalue weighted by Gasteiger charge is -2.28. The Morgan fingerprint density at radius 1 is 1.19 bits per heavy atom. The van der Waals surface area contributed by atoms with E-state index in [2.05, 4.69) is 9.88 Å². The van der Waals surface area contributed by atoms with Crippen molar-refractivity contribution in [2.75, 3.05) is 44.3 Å². The van der Waals surface area contributed by atoms with Gasteiger partial charge < -0.3 is 9.15 Å². The van der Waals surface area contributed by atoms with Crippen LogP contribution in [0.25, 0.3) is 10.2 Å². The third-order valence-corrected chi connectivity index (χ3v) is 5.29. The number of hydrogen-bond donors (Lipinski definition) is 0. The number of ether oxygens (including phenoxy) is 1. The van der Waals surface area contributed by atoms with Gasteiger partial charge in [-0.1, -0.05) is 23.5 Å². The van der Waals surface area contributed by atoms with E-state index >= 15 is 0 Å². The second-order valence-electron chi connectivity index (χ2n) is 5.85. The topological polar surface area (TPSA) is 58.8 Å². The Balaban J connectivity index is 0.00000196. The highest BCUT2D eigenvalue weighted by Crippen LogP contribution is 2.29. The van der Waals surface area contributed by atoms with Crippen molar-refractivity contribution in [2.24, 2.45) is 0 Å².